The molecule has 22 heavy (non-hydrogen) atoms. The molecule has 0 aliphatic rings. The van der Waals surface area contributed by atoms with E-state index in [9.17, 15) is 0 Å². The summed E-state index contributed by atoms with van der Waals surface area (Å²) in [6.45, 7) is 3.17. The van der Waals surface area contributed by atoms with E-state index in [1.165, 1.54) is 22.3 Å². The van der Waals surface area contributed by atoms with E-state index in [1.54, 1.807) is 0 Å². The van der Waals surface area contributed by atoms with Crippen LogP contribution in [0, 0.1) is 6.92 Å². The molecule has 0 amide bonds. The molecule has 0 aliphatic carbocycles. The predicted molar refractivity (Wildman–Crippen MR) is 91.6 cm³/mol. The van der Waals surface area contributed by atoms with Gasteiger partial charge in [-0.2, -0.15) is 24.3 Å². The summed E-state index contributed by atoms with van der Waals surface area (Å²) in [5.41, 5.74) is 5.46. The zero-order chi connectivity index (χ0) is 15.1. The molecule has 0 heterocycles. The fraction of sp³-hybridized carbons (Fsp3) is 0.200. The van der Waals surface area contributed by atoms with Gasteiger partial charge >= 0.3 is 17.1 Å². The normalized spacial score (nSPS) is 9.82. The molecule has 0 N–H and O–H groups in total. The molecule has 3 rings (SSSR count). The predicted octanol–water partition coefficient (Wildman–Crippen LogP) is 4.85. The molecule has 0 aromatic heterocycles. The minimum absolute atomic E-state index is 0. The van der Waals surface area contributed by atoms with Gasteiger partial charge in [-0.15, -0.1) is 34.9 Å². The molecule has 0 bridgehead atoms. The maximum Gasteiger partial charge on any atom is 2.00 e. The van der Waals surface area contributed by atoms with Gasteiger partial charge in [-0.3, -0.25) is 0 Å². The molecule has 3 aromatic carbocycles. The van der Waals surface area contributed by atoms with E-state index in [0.29, 0.717) is 0 Å². The van der Waals surface area contributed by atoms with Crippen LogP contribution in [0.15, 0.2) is 72.8 Å². The number of benzene rings is 1. The maximum absolute atomic E-state index is 2.21. The first-order valence-electron chi connectivity index (χ1n) is 7.30. The molecule has 0 saturated carbocycles. The minimum Gasteiger partial charge on any atom is -0.306 e. The molecule has 0 fully saturated rings. The SMILES string of the molecule is Cc1ccccc1-[c-]1cccc1CN(C)C.[Fe+2].c1cc[cH-]c1. The van der Waals surface area contributed by atoms with E-state index >= 15 is 0 Å². The molecule has 2 heteroatoms. The van der Waals surface area contributed by atoms with Gasteiger partial charge in [0.2, 0.25) is 0 Å². The van der Waals surface area contributed by atoms with Crippen molar-refractivity contribution >= 4 is 0 Å². The summed E-state index contributed by atoms with van der Waals surface area (Å²) in [6.07, 6.45) is 0. The number of hydrogen-bond donors (Lipinski definition) is 0. The zero-order valence-electron chi connectivity index (χ0n) is 13.4. The van der Waals surface area contributed by atoms with Gasteiger partial charge in [0.05, 0.1) is 0 Å². The summed E-state index contributed by atoms with van der Waals surface area (Å²) in [5.74, 6) is 0. The molecule has 1 nitrogen and oxygen atoms in total. The van der Waals surface area contributed by atoms with Gasteiger partial charge in [0, 0.05) is 6.54 Å². The van der Waals surface area contributed by atoms with Gasteiger partial charge in [0.15, 0.2) is 0 Å². The van der Waals surface area contributed by atoms with Gasteiger partial charge < -0.3 is 4.90 Å². The van der Waals surface area contributed by atoms with Crippen LogP contribution in [0.2, 0.25) is 0 Å². The third-order valence-corrected chi connectivity index (χ3v) is 3.38. The van der Waals surface area contributed by atoms with E-state index in [2.05, 4.69) is 68.4 Å². The van der Waals surface area contributed by atoms with Crippen molar-refractivity contribution in [3.63, 3.8) is 0 Å². The molecule has 116 valence electrons. The van der Waals surface area contributed by atoms with Crippen LogP contribution in [0.5, 0.6) is 0 Å². The molecule has 0 unspecified atom stereocenters. The monoisotopic (exact) mass is 333 g/mol. The second kappa shape index (κ2) is 9.42. The Balaban J connectivity index is 0.000000344. The van der Waals surface area contributed by atoms with Crippen molar-refractivity contribution in [3.05, 3.63) is 83.9 Å². The minimum atomic E-state index is 0. The Labute approximate surface area is 144 Å². The maximum atomic E-state index is 2.21. The van der Waals surface area contributed by atoms with E-state index in [1.807, 2.05) is 30.3 Å². The fourth-order valence-electron chi connectivity index (χ4n) is 2.39. The molecule has 0 radical (unpaired) electrons. The Kier molecular flexibility index (Phi) is 7.90. The Hall–Kier alpha value is -1.60. The Morgan fingerprint density at radius 1 is 0.955 bits per heavy atom. The van der Waals surface area contributed by atoms with E-state index in [4.69, 9.17) is 0 Å². The molecule has 3 aromatic rings. The largest absolute Gasteiger partial charge is 2.00 e. The third kappa shape index (κ3) is 5.31. The first-order valence-corrected chi connectivity index (χ1v) is 7.30. The van der Waals surface area contributed by atoms with Crippen LogP contribution < -0.4 is 0 Å². The van der Waals surface area contributed by atoms with Crippen LogP contribution >= 0.6 is 0 Å². The van der Waals surface area contributed by atoms with Crippen LogP contribution in [-0.2, 0) is 23.6 Å². The summed E-state index contributed by atoms with van der Waals surface area (Å²) in [4.78, 5) is 2.21. The first kappa shape index (κ1) is 18.4. The van der Waals surface area contributed by atoms with E-state index < -0.39 is 0 Å². The quantitative estimate of drug-likeness (QED) is 0.489. The fourth-order valence-corrected chi connectivity index (χ4v) is 2.39. The standard InChI is InChI=1S/C15H18N.C5H5.Fe/c1-12-7-4-5-9-14(12)15-10-6-8-13(15)11-16(2)3;1-2-4-5-3-1;/h4-10H,11H2,1-3H3;1-5H;/q2*-1;+2. The molecular weight excluding hydrogens is 310 g/mol. The topological polar surface area (TPSA) is 3.24 Å². The van der Waals surface area contributed by atoms with Gasteiger partial charge in [-0.05, 0) is 14.1 Å². The summed E-state index contributed by atoms with van der Waals surface area (Å²) in [7, 11) is 4.21. The first-order chi connectivity index (χ1) is 10.2. The van der Waals surface area contributed by atoms with Gasteiger partial charge in [0.1, 0.15) is 0 Å². The third-order valence-electron chi connectivity index (χ3n) is 3.38. The van der Waals surface area contributed by atoms with Crippen molar-refractivity contribution in [2.24, 2.45) is 0 Å². The molecular formula is C20H23FeN. The smallest absolute Gasteiger partial charge is 0.306 e. The van der Waals surface area contributed by atoms with Crippen LogP contribution in [-0.4, -0.2) is 19.0 Å². The van der Waals surface area contributed by atoms with Crippen molar-refractivity contribution in [1.82, 2.24) is 4.90 Å². The van der Waals surface area contributed by atoms with Crippen LogP contribution in [0.1, 0.15) is 11.1 Å². The summed E-state index contributed by atoms with van der Waals surface area (Å²) in [5, 5.41) is 0. The van der Waals surface area contributed by atoms with Crippen molar-refractivity contribution in [2.45, 2.75) is 13.5 Å². The van der Waals surface area contributed by atoms with Gasteiger partial charge in [-0.1, -0.05) is 30.7 Å². The van der Waals surface area contributed by atoms with Crippen LogP contribution in [0.25, 0.3) is 11.1 Å². The van der Waals surface area contributed by atoms with Crippen molar-refractivity contribution in [2.75, 3.05) is 14.1 Å². The Morgan fingerprint density at radius 2 is 1.64 bits per heavy atom. The van der Waals surface area contributed by atoms with Crippen LogP contribution in [0.4, 0.5) is 0 Å². The average molecular weight is 333 g/mol. The number of aryl methyl sites for hydroxylation is 1. The number of rotatable bonds is 3. The second-order valence-corrected chi connectivity index (χ2v) is 5.48. The zero-order valence-corrected chi connectivity index (χ0v) is 14.5. The van der Waals surface area contributed by atoms with Gasteiger partial charge in [0.25, 0.3) is 0 Å². The summed E-state index contributed by atoms with van der Waals surface area (Å²) < 4.78 is 0. The molecule has 0 saturated heterocycles. The van der Waals surface area contributed by atoms with Crippen molar-refractivity contribution in [1.29, 1.82) is 0 Å². The second-order valence-electron chi connectivity index (χ2n) is 5.48. The number of hydrogen-bond acceptors (Lipinski definition) is 1. The van der Waals surface area contributed by atoms with Crippen molar-refractivity contribution in [3.8, 4) is 11.1 Å². The molecule has 0 spiro atoms. The van der Waals surface area contributed by atoms with E-state index in [-0.39, 0.29) is 17.1 Å². The Bertz CT molecular complexity index is 618. The van der Waals surface area contributed by atoms with Gasteiger partial charge in [-0.25, -0.2) is 12.1 Å². The van der Waals surface area contributed by atoms with Crippen LogP contribution in [0.3, 0.4) is 0 Å². The number of nitrogens with zero attached hydrogens (tertiary/aromatic N) is 1. The van der Waals surface area contributed by atoms with E-state index in [0.717, 1.165) is 6.54 Å². The summed E-state index contributed by atoms with van der Waals surface area (Å²) >= 11 is 0. The summed E-state index contributed by atoms with van der Waals surface area (Å²) in [6, 6.07) is 25.1. The molecule has 0 atom stereocenters. The Morgan fingerprint density at radius 3 is 2.18 bits per heavy atom. The average Bonchev–Trinajstić information content (AvgIpc) is 3.12. The molecule has 0 aliphatic heterocycles. The van der Waals surface area contributed by atoms with Crippen molar-refractivity contribution < 1.29 is 17.1 Å².